The third kappa shape index (κ3) is 3.41. The van der Waals surface area contributed by atoms with Crippen LogP contribution in [0.15, 0.2) is 6.07 Å². The Hall–Kier alpha value is -0.710. The molecule has 0 aliphatic carbocycles. The van der Waals surface area contributed by atoms with Crippen LogP contribution in [0, 0.1) is 0 Å². The van der Waals surface area contributed by atoms with E-state index in [1.165, 1.54) is 6.07 Å². The van der Waals surface area contributed by atoms with E-state index in [1.807, 2.05) is 6.92 Å². The molecule has 0 radical (unpaired) electrons. The van der Waals surface area contributed by atoms with Crippen LogP contribution in [0.1, 0.15) is 23.8 Å². The van der Waals surface area contributed by atoms with Crippen molar-refractivity contribution >= 4 is 29.1 Å². The number of aliphatic hydroxyl groups excluding tert-OH is 1. The van der Waals surface area contributed by atoms with Gasteiger partial charge in [0.15, 0.2) is 0 Å². The summed E-state index contributed by atoms with van der Waals surface area (Å²) in [5, 5.41) is 12.3. The molecule has 1 aromatic rings. The number of amides is 1. The molecule has 0 bridgehead atoms. The summed E-state index contributed by atoms with van der Waals surface area (Å²) in [6.07, 6.45) is 0.0573. The summed E-state index contributed by atoms with van der Waals surface area (Å²) in [4.78, 5) is 14.1. The molecule has 3 N–H and O–H groups in total. The van der Waals surface area contributed by atoms with Gasteiger partial charge < -0.3 is 15.4 Å². The first-order valence-electron chi connectivity index (χ1n) is 4.54. The number of halogens is 2. The fraction of sp³-hybridized carbons (Fsp3) is 0.444. The Kier molecular flexibility index (Phi) is 4.45. The third-order valence-electron chi connectivity index (χ3n) is 1.94. The van der Waals surface area contributed by atoms with Crippen LogP contribution in [-0.2, 0) is 0 Å². The summed E-state index contributed by atoms with van der Waals surface area (Å²) in [6.45, 7) is 2.04. The number of nitrogens with one attached hydrogen (secondary N) is 2. The molecule has 6 heteroatoms. The monoisotopic (exact) mass is 250 g/mol. The Bertz CT molecular complexity index is 332. The molecule has 0 spiro atoms. The summed E-state index contributed by atoms with van der Waals surface area (Å²) in [5.41, 5.74) is 0.285. The molecule has 0 saturated carbocycles. The van der Waals surface area contributed by atoms with E-state index in [0.29, 0.717) is 11.4 Å². The molecule has 0 aliphatic heterocycles. The summed E-state index contributed by atoms with van der Waals surface area (Å²) in [7, 11) is 0. The first-order chi connectivity index (χ1) is 7.04. The topological polar surface area (TPSA) is 65.1 Å². The minimum atomic E-state index is -0.533. The fourth-order valence-corrected chi connectivity index (χ4v) is 1.29. The fourth-order valence-electron chi connectivity index (χ4n) is 0.976. The van der Waals surface area contributed by atoms with Crippen LogP contribution in [0.5, 0.6) is 0 Å². The van der Waals surface area contributed by atoms with Crippen molar-refractivity contribution in [1.82, 2.24) is 10.3 Å². The van der Waals surface area contributed by atoms with Gasteiger partial charge in [-0.1, -0.05) is 30.1 Å². The molecule has 1 rings (SSSR count). The lowest BCUT2D eigenvalue weighted by molar-refractivity contribution is 0.0909. The zero-order valence-electron chi connectivity index (χ0n) is 8.18. The maximum atomic E-state index is 11.5. The second kappa shape index (κ2) is 5.39. The lowest BCUT2D eigenvalue weighted by atomic mass is 10.3. The summed E-state index contributed by atoms with van der Waals surface area (Å²) in [5.74, 6) is -0.337. The highest BCUT2D eigenvalue weighted by Gasteiger charge is 2.12. The van der Waals surface area contributed by atoms with Crippen LogP contribution in [0.25, 0.3) is 0 Å². The minimum absolute atomic E-state index is 0.212. The van der Waals surface area contributed by atoms with Gasteiger partial charge in [-0.15, -0.1) is 0 Å². The Labute approximate surface area is 97.6 Å². The smallest absolute Gasteiger partial charge is 0.267 e. The highest BCUT2D eigenvalue weighted by molar-refractivity contribution is 6.41. The van der Waals surface area contributed by atoms with Gasteiger partial charge in [0.25, 0.3) is 5.91 Å². The maximum absolute atomic E-state index is 11.5. The van der Waals surface area contributed by atoms with Crippen molar-refractivity contribution in [2.24, 2.45) is 0 Å². The predicted molar refractivity (Wildman–Crippen MR) is 59.4 cm³/mol. The molecule has 1 atom stereocenters. The molecule has 1 heterocycles. The third-order valence-corrected chi connectivity index (χ3v) is 2.63. The highest BCUT2D eigenvalue weighted by Crippen LogP contribution is 2.21. The molecule has 1 amide bonds. The number of carbonyl (C=O) groups excluding carboxylic acids is 1. The minimum Gasteiger partial charge on any atom is -0.391 e. The maximum Gasteiger partial charge on any atom is 0.267 e. The van der Waals surface area contributed by atoms with Crippen molar-refractivity contribution in [1.29, 1.82) is 0 Å². The number of aromatic amines is 1. The largest absolute Gasteiger partial charge is 0.391 e. The Morgan fingerprint density at radius 1 is 1.67 bits per heavy atom. The second-order valence-corrected chi connectivity index (χ2v) is 3.90. The second-order valence-electron chi connectivity index (χ2n) is 3.12. The van der Waals surface area contributed by atoms with Crippen molar-refractivity contribution in [3.05, 3.63) is 21.9 Å². The molecule has 84 valence electrons. The molecular weight excluding hydrogens is 239 g/mol. The van der Waals surface area contributed by atoms with E-state index in [4.69, 9.17) is 23.2 Å². The molecule has 0 saturated heterocycles. The van der Waals surface area contributed by atoms with Crippen molar-refractivity contribution < 1.29 is 9.90 Å². The van der Waals surface area contributed by atoms with E-state index in [2.05, 4.69) is 10.3 Å². The Balaban J connectivity index is 2.54. The number of rotatable bonds is 4. The number of aliphatic hydroxyl groups is 1. The van der Waals surface area contributed by atoms with E-state index >= 15 is 0 Å². The molecule has 1 aromatic heterocycles. The van der Waals surface area contributed by atoms with Crippen molar-refractivity contribution in [3.63, 3.8) is 0 Å². The van der Waals surface area contributed by atoms with E-state index in [0.717, 1.165) is 0 Å². The molecule has 0 aromatic carbocycles. The lowest BCUT2D eigenvalue weighted by Crippen LogP contribution is -2.31. The van der Waals surface area contributed by atoms with E-state index in [-0.39, 0.29) is 23.3 Å². The average molecular weight is 251 g/mol. The van der Waals surface area contributed by atoms with Crippen LogP contribution in [0.2, 0.25) is 10.2 Å². The quantitative estimate of drug-likeness (QED) is 0.764. The highest BCUT2D eigenvalue weighted by atomic mass is 35.5. The van der Waals surface area contributed by atoms with Gasteiger partial charge in [0.2, 0.25) is 0 Å². The van der Waals surface area contributed by atoms with Gasteiger partial charge in [-0.2, -0.15) is 0 Å². The molecule has 1 unspecified atom stereocenters. The van der Waals surface area contributed by atoms with Crippen molar-refractivity contribution in [2.75, 3.05) is 6.54 Å². The Morgan fingerprint density at radius 3 is 2.80 bits per heavy atom. The summed E-state index contributed by atoms with van der Waals surface area (Å²) < 4.78 is 0. The van der Waals surface area contributed by atoms with Gasteiger partial charge in [0.1, 0.15) is 10.8 Å². The van der Waals surface area contributed by atoms with Crippen molar-refractivity contribution in [2.45, 2.75) is 19.4 Å². The standard InChI is InChI=1S/C9H12Cl2N2O2/c1-2-5(14)4-12-9(15)7-3-6(10)8(11)13-7/h3,5,13-14H,2,4H2,1H3,(H,12,15). The van der Waals surface area contributed by atoms with E-state index in [1.54, 1.807) is 0 Å². The van der Waals surface area contributed by atoms with Gasteiger partial charge in [0, 0.05) is 6.54 Å². The van der Waals surface area contributed by atoms with Gasteiger partial charge in [-0.3, -0.25) is 4.79 Å². The lowest BCUT2D eigenvalue weighted by Gasteiger charge is -2.08. The van der Waals surface area contributed by atoms with Gasteiger partial charge in [0.05, 0.1) is 11.1 Å². The average Bonchev–Trinajstić information content (AvgIpc) is 2.55. The number of aromatic nitrogens is 1. The molecule has 0 aliphatic rings. The van der Waals surface area contributed by atoms with Crippen LogP contribution >= 0.6 is 23.2 Å². The van der Waals surface area contributed by atoms with E-state index < -0.39 is 6.10 Å². The summed E-state index contributed by atoms with van der Waals surface area (Å²) >= 11 is 11.3. The van der Waals surface area contributed by atoms with Gasteiger partial charge in [-0.25, -0.2) is 0 Å². The van der Waals surface area contributed by atoms with Crippen LogP contribution in [0.4, 0.5) is 0 Å². The molecule has 4 nitrogen and oxygen atoms in total. The zero-order chi connectivity index (χ0) is 11.4. The number of H-pyrrole nitrogens is 1. The van der Waals surface area contributed by atoms with Gasteiger partial charge in [-0.05, 0) is 12.5 Å². The van der Waals surface area contributed by atoms with Crippen LogP contribution in [-0.4, -0.2) is 28.6 Å². The normalized spacial score (nSPS) is 12.5. The van der Waals surface area contributed by atoms with E-state index in [9.17, 15) is 9.90 Å². The predicted octanol–water partition coefficient (Wildman–Crippen LogP) is 1.82. The van der Waals surface area contributed by atoms with Crippen LogP contribution < -0.4 is 5.32 Å². The molecular formula is C9H12Cl2N2O2. The first kappa shape index (κ1) is 12.4. The number of carbonyl (C=O) groups is 1. The number of hydrogen-bond donors (Lipinski definition) is 3. The first-order valence-corrected chi connectivity index (χ1v) is 5.30. The Morgan fingerprint density at radius 2 is 2.33 bits per heavy atom. The van der Waals surface area contributed by atoms with Crippen LogP contribution in [0.3, 0.4) is 0 Å². The van der Waals surface area contributed by atoms with Gasteiger partial charge >= 0.3 is 0 Å². The zero-order valence-corrected chi connectivity index (χ0v) is 9.69. The SMILES string of the molecule is CCC(O)CNC(=O)c1cc(Cl)c(Cl)[nH]1. The molecule has 0 fully saturated rings. The summed E-state index contributed by atoms with van der Waals surface area (Å²) in [6, 6.07) is 1.44. The molecule has 15 heavy (non-hydrogen) atoms. The number of hydrogen-bond acceptors (Lipinski definition) is 2. The van der Waals surface area contributed by atoms with Crippen molar-refractivity contribution in [3.8, 4) is 0 Å².